The summed E-state index contributed by atoms with van der Waals surface area (Å²) in [5.41, 5.74) is 4.22. The summed E-state index contributed by atoms with van der Waals surface area (Å²) < 4.78 is 5.83. The van der Waals surface area contributed by atoms with Crippen LogP contribution >= 0.6 is 11.6 Å². The van der Waals surface area contributed by atoms with Gasteiger partial charge in [0, 0.05) is 29.9 Å². The lowest BCUT2D eigenvalue weighted by atomic mass is 9.96. The summed E-state index contributed by atoms with van der Waals surface area (Å²) in [5, 5.41) is 4.23. The number of halogens is 1. The van der Waals surface area contributed by atoms with Crippen LogP contribution in [0.15, 0.2) is 71.9 Å². The molecule has 1 saturated heterocycles. The Hall–Kier alpha value is -3.06. The summed E-state index contributed by atoms with van der Waals surface area (Å²) in [6.45, 7) is 5.06. The van der Waals surface area contributed by atoms with Crippen molar-refractivity contribution < 1.29 is 9.53 Å². The van der Waals surface area contributed by atoms with Gasteiger partial charge in [-0.2, -0.15) is 0 Å². The molecule has 1 aromatic heterocycles. The zero-order valence-electron chi connectivity index (χ0n) is 20.3. The van der Waals surface area contributed by atoms with Crippen LogP contribution in [0.1, 0.15) is 40.9 Å². The molecule has 36 heavy (non-hydrogen) atoms. The Bertz CT molecular complexity index is 1210. The Morgan fingerprint density at radius 2 is 1.81 bits per heavy atom. The molecule has 2 aliphatic rings. The van der Waals surface area contributed by atoms with Gasteiger partial charge in [-0.05, 0) is 74.3 Å². The molecule has 3 aromatic rings. The molecule has 0 aliphatic carbocycles. The minimum Gasteiger partial charge on any atom is -0.488 e. The number of carbonyl (C=O) groups is 1. The highest BCUT2D eigenvalue weighted by molar-refractivity contribution is 6.30. The van der Waals surface area contributed by atoms with Crippen molar-refractivity contribution in [1.29, 1.82) is 0 Å². The van der Waals surface area contributed by atoms with E-state index in [-0.39, 0.29) is 18.8 Å². The van der Waals surface area contributed by atoms with Crippen molar-refractivity contribution in [3.05, 3.63) is 88.7 Å². The van der Waals surface area contributed by atoms with Gasteiger partial charge in [0.25, 0.3) is 0 Å². The van der Waals surface area contributed by atoms with Gasteiger partial charge in [0.2, 0.25) is 0 Å². The lowest BCUT2D eigenvalue weighted by Crippen LogP contribution is -2.36. The summed E-state index contributed by atoms with van der Waals surface area (Å²) >= 11 is 5.94. The van der Waals surface area contributed by atoms with E-state index in [0.717, 1.165) is 31.9 Å². The maximum Gasteiger partial charge on any atom is 0.170 e. The molecule has 0 radical (unpaired) electrons. The van der Waals surface area contributed by atoms with Crippen LogP contribution in [0.5, 0.6) is 5.75 Å². The first-order chi connectivity index (χ1) is 17.6. The number of carbonyl (C=O) groups excluding carboxylic acids is 1. The van der Waals surface area contributed by atoms with Gasteiger partial charge in [-0.25, -0.2) is 0 Å². The minimum atomic E-state index is 0.0594. The fourth-order valence-electron chi connectivity index (χ4n) is 4.82. The van der Waals surface area contributed by atoms with Crippen molar-refractivity contribution in [2.75, 3.05) is 26.2 Å². The molecule has 5 rings (SSSR count). The second kappa shape index (κ2) is 11.8. The predicted octanol–water partition coefficient (Wildman–Crippen LogP) is 5.47. The highest BCUT2D eigenvalue weighted by Gasteiger charge is 2.24. The van der Waals surface area contributed by atoms with E-state index in [9.17, 15) is 4.79 Å². The first-order valence-electron chi connectivity index (χ1n) is 12.6. The number of Topliss-reactive ketones (excluding diaryl/α,β-unsaturated/α-hetero) is 1. The molecule has 0 unspecified atom stereocenters. The van der Waals surface area contributed by atoms with Gasteiger partial charge in [-0.15, -0.1) is 0 Å². The third kappa shape index (κ3) is 6.38. The van der Waals surface area contributed by atoms with Crippen LogP contribution < -0.4 is 10.1 Å². The van der Waals surface area contributed by atoms with Crippen LogP contribution in [0.3, 0.4) is 0 Å². The van der Waals surface area contributed by atoms with Crippen LogP contribution in [0.2, 0.25) is 5.02 Å². The Kier molecular flexibility index (Phi) is 8.06. The first-order valence-corrected chi connectivity index (χ1v) is 12.9. The predicted molar refractivity (Wildman–Crippen MR) is 143 cm³/mol. The Balaban J connectivity index is 1.14. The molecule has 0 spiro atoms. The summed E-state index contributed by atoms with van der Waals surface area (Å²) in [7, 11) is 0. The molecule has 0 saturated carbocycles. The normalized spacial score (nSPS) is 16.5. The average Bonchev–Trinajstić information content (AvgIpc) is 2.90. The number of ketones is 1. The van der Waals surface area contributed by atoms with Crippen molar-refractivity contribution in [1.82, 2.24) is 15.2 Å². The van der Waals surface area contributed by atoms with Gasteiger partial charge in [-0.3, -0.25) is 19.7 Å². The van der Waals surface area contributed by atoms with Gasteiger partial charge >= 0.3 is 0 Å². The van der Waals surface area contributed by atoms with Crippen molar-refractivity contribution in [2.45, 2.75) is 32.4 Å². The molecule has 3 heterocycles. The monoisotopic (exact) mass is 502 g/mol. The molecule has 7 heteroatoms. The first kappa shape index (κ1) is 24.6. The summed E-state index contributed by atoms with van der Waals surface area (Å²) in [4.78, 5) is 24.6. The van der Waals surface area contributed by atoms with Gasteiger partial charge < -0.3 is 10.1 Å². The molecule has 0 atom stereocenters. The topological polar surface area (TPSA) is 66.8 Å². The minimum absolute atomic E-state index is 0.0594. The van der Waals surface area contributed by atoms with E-state index in [1.54, 1.807) is 24.4 Å². The third-order valence-electron chi connectivity index (χ3n) is 6.84. The molecule has 0 amide bonds. The summed E-state index contributed by atoms with van der Waals surface area (Å²) in [6.07, 6.45) is 4.34. The SMILES string of the molecule is O=C1CC(COc2ccc(Cl)cc2)=Nc2c1ccnc2CNCC1CCN(Cc2ccccc2)CC1. The van der Waals surface area contributed by atoms with E-state index in [4.69, 9.17) is 21.3 Å². The number of aromatic nitrogens is 1. The number of likely N-dealkylation sites (tertiary alicyclic amines) is 1. The number of ether oxygens (including phenoxy) is 1. The average molecular weight is 503 g/mol. The number of rotatable bonds is 9. The van der Waals surface area contributed by atoms with Gasteiger partial charge in [-0.1, -0.05) is 41.9 Å². The Morgan fingerprint density at radius 3 is 2.58 bits per heavy atom. The van der Waals surface area contributed by atoms with Crippen LogP contribution in [-0.2, 0) is 13.1 Å². The molecule has 186 valence electrons. The van der Waals surface area contributed by atoms with Crippen molar-refractivity contribution in [3.8, 4) is 5.75 Å². The molecular formula is C29H31ClN4O2. The zero-order chi connectivity index (χ0) is 24.7. The highest BCUT2D eigenvalue weighted by atomic mass is 35.5. The number of piperidine rings is 1. The number of pyridine rings is 1. The van der Waals surface area contributed by atoms with Crippen molar-refractivity contribution in [3.63, 3.8) is 0 Å². The molecular weight excluding hydrogens is 472 g/mol. The van der Waals surface area contributed by atoms with Crippen molar-refractivity contribution >= 4 is 28.8 Å². The third-order valence-corrected chi connectivity index (χ3v) is 7.09. The maximum absolute atomic E-state index is 12.8. The standard InChI is InChI=1S/C29H31ClN4O2/c30-23-6-8-25(9-7-23)36-20-24-16-28(35)26-10-13-32-27(29(26)33-24)18-31-17-21-11-14-34(15-12-21)19-22-4-2-1-3-5-22/h1-10,13,21,31H,11-12,14-20H2. The highest BCUT2D eigenvalue weighted by Crippen LogP contribution is 2.29. The molecule has 2 aromatic carbocycles. The fourth-order valence-corrected chi connectivity index (χ4v) is 4.95. The van der Waals surface area contributed by atoms with Crippen LogP contribution in [0.25, 0.3) is 0 Å². The smallest absolute Gasteiger partial charge is 0.170 e. The van der Waals surface area contributed by atoms with Gasteiger partial charge in [0.05, 0.1) is 23.5 Å². The van der Waals surface area contributed by atoms with Crippen LogP contribution in [0, 0.1) is 5.92 Å². The van der Waals surface area contributed by atoms with Gasteiger partial charge in [0.15, 0.2) is 5.78 Å². The van der Waals surface area contributed by atoms with E-state index in [1.807, 2.05) is 12.1 Å². The fraction of sp³-hybridized carbons (Fsp3) is 0.345. The maximum atomic E-state index is 12.8. The largest absolute Gasteiger partial charge is 0.488 e. The molecule has 6 nitrogen and oxygen atoms in total. The summed E-state index contributed by atoms with van der Waals surface area (Å²) in [6, 6.07) is 19.6. The van der Waals surface area contributed by atoms with E-state index in [2.05, 4.69) is 45.5 Å². The second-order valence-corrected chi connectivity index (χ2v) is 9.95. The number of fused-ring (bicyclic) bond motifs is 1. The lowest BCUT2D eigenvalue weighted by Gasteiger charge is -2.32. The second-order valence-electron chi connectivity index (χ2n) is 9.51. The quantitative estimate of drug-likeness (QED) is 0.420. The zero-order valence-corrected chi connectivity index (χ0v) is 21.1. The molecule has 1 N–H and O–H groups in total. The van der Waals surface area contributed by atoms with Gasteiger partial charge in [0.1, 0.15) is 12.4 Å². The van der Waals surface area contributed by atoms with E-state index in [1.165, 1.54) is 18.4 Å². The number of aliphatic imine (C=N–C) groups is 1. The number of nitrogens with zero attached hydrogens (tertiary/aromatic N) is 3. The molecule has 2 aliphatic heterocycles. The molecule has 1 fully saturated rings. The number of nitrogens with one attached hydrogen (secondary N) is 1. The van der Waals surface area contributed by atoms with Crippen LogP contribution in [0.4, 0.5) is 5.69 Å². The van der Waals surface area contributed by atoms with Crippen LogP contribution in [-0.4, -0.2) is 47.6 Å². The Morgan fingerprint density at radius 1 is 1.03 bits per heavy atom. The van der Waals surface area contributed by atoms with E-state index in [0.29, 0.717) is 40.2 Å². The Labute approximate surface area is 217 Å². The van der Waals surface area contributed by atoms with E-state index >= 15 is 0 Å². The van der Waals surface area contributed by atoms with E-state index < -0.39 is 0 Å². The number of hydrogen-bond acceptors (Lipinski definition) is 6. The number of hydrogen-bond donors (Lipinski definition) is 1. The lowest BCUT2D eigenvalue weighted by molar-refractivity contribution is 0.0998. The summed E-state index contributed by atoms with van der Waals surface area (Å²) in [5.74, 6) is 1.40. The number of benzene rings is 2. The van der Waals surface area contributed by atoms with Crippen molar-refractivity contribution in [2.24, 2.45) is 10.9 Å². The molecule has 0 bridgehead atoms.